The first-order valence-electron chi connectivity index (χ1n) is 10.6. The number of nitrogens with zero attached hydrogens (tertiary/aromatic N) is 3. The number of carbonyl (C=O) groups excluding carboxylic acids is 1. The quantitative estimate of drug-likeness (QED) is 0.677. The summed E-state index contributed by atoms with van der Waals surface area (Å²) in [6.07, 6.45) is 1.82. The third kappa shape index (κ3) is 4.03. The van der Waals surface area contributed by atoms with Gasteiger partial charge in [0, 0.05) is 56.2 Å². The Morgan fingerprint density at radius 2 is 2.03 bits per heavy atom. The van der Waals surface area contributed by atoms with Crippen molar-refractivity contribution in [1.29, 1.82) is 5.26 Å². The average molecular weight is 433 g/mol. The molecule has 31 heavy (non-hydrogen) atoms. The lowest BCUT2D eigenvalue weighted by Crippen LogP contribution is -2.52. The van der Waals surface area contributed by atoms with Crippen LogP contribution in [0.25, 0.3) is 0 Å². The first kappa shape index (κ1) is 21.7. The zero-order chi connectivity index (χ0) is 22.2. The smallest absolute Gasteiger partial charge is 0.384 e. The van der Waals surface area contributed by atoms with Gasteiger partial charge in [-0.25, -0.2) is 0 Å². The van der Waals surface area contributed by atoms with Crippen LogP contribution >= 0.6 is 0 Å². The van der Waals surface area contributed by atoms with E-state index in [4.69, 9.17) is 10.00 Å². The van der Waals surface area contributed by atoms with Crippen LogP contribution < -0.4 is 4.90 Å². The summed E-state index contributed by atoms with van der Waals surface area (Å²) in [6, 6.07) is 5.53. The Morgan fingerprint density at radius 1 is 1.29 bits per heavy atom. The molecule has 2 saturated heterocycles. The molecule has 0 unspecified atom stereocenters. The SMILES string of the molecule is COC[C@@]12CCN(C(=O)C3CC=CC3)C[C@@H]1CN(c1ccc(C#N)c(C(F)(F)F)c1)C2. The Bertz CT molecular complexity index is 916. The summed E-state index contributed by atoms with van der Waals surface area (Å²) >= 11 is 0. The number of ether oxygens (including phenoxy) is 1. The van der Waals surface area contributed by atoms with Gasteiger partial charge in [0.05, 0.1) is 23.8 Å². The van der Waals surface area contributed by atoms with Gasteiger partial charge in [0.1, 0.15) is 0 Å². The predicted molar refractivity (Wildman–Crippen MR) is 109 cm³/mol. The third-order valence-electron chi connectivity index (χ3n) is 7.03. The molecule has 1 amide bonds. The van der Waals surface area contributed by atoms with Crippen LogP contribution in [0.3, 0.4) is 0 Å². The Labute approximate surface area is 180 Å². The lowest BCUT2D eigenvalue weighted by atomic mass is 9.73. The minimum absolute atomic E-state index is 0.0142. The van der Waals surface area contributed by atoms with E-state index in [2.05, 4.69) is 0 Å². The van der Waals surface area contributed by atoms with Crippen molar-refractivity contribution < 1.29 is 22.7 Å². The summed E-state index contributed by atoms with van der Waals surface area (Å²) < 4.78 is 45.8. The highest BCUT2D eigenvalue weighted by Gasteiger charge is 2.51. The van der Waals surface area contributed by atoms with Gasteiger partial charge in [0.25, 0.3) is 0 Å². The largest absolute Gasteiger partial charge is 0.417 e. The predicted octanol–water partition coefficient (Wildman–Crippen LogP) is 3.84. The number of nitriles is 1. The molecule has 166 valence electrons. The number of anilines is 1. The number of allylic oxidation sites excluding steroid dienone is 2. The molecule has 2 fully saturated rings. The maximum absolute atomic E-state index is 13.4. The van der Waals surface area contributed by atoms with Gasteiger partial charge in [-0.15, -0.1) is 0 Å². The Kier molecular flexibility index (Phi) is 5.73. The Morgan fingerprint density at radius 3 is 2.68 bits per heavy atom. The van der Waals surface area contributed by atoms with Crippen molar-refractivity contribution in [1.82, 2.24) is 4.90 Å². The Hall–Kier alpha value is -2.53. The number of methoxy groups -OCH3 is 1. The molecule has 1 aliphatic carbocycles. The van der Waals surface area contributed by atoms with Crippen molar-refractivity contribution in [2.45, 2.75) is 25.4 Å². The van der Waals surface area contributed by atoms with Crippen LogP contribution in [-0.4, -0.2) is 50.7 Å². The number of amides is 1. The molecular weight excluding hydrogens is 407 g/mol. The summed E-state index contributed by atoms with van der Waals surface area (Å²) in [5, 5.41) is 9.07. The van der Waals surface area contributed by atoms with Crippen molar-refractivity contribution >= 4 is 11.6 Å². The average Bonchev–Trinajstić information content (AvgIpc) is 3.40. The summed E-state index contributed by atoms with van der Waals surface area (Å²) in [4.78, 5) is 16.8. The number of hydrogen-bond acceptors (Lipinski definition) is 4. The van der Waals surface area contributed by atoms with Gasteiger partial charge in [-0.05, 0) is 37.5 Å². The number of hydrogen-bond donors (Lipinski definition) is 0. The molecule has 0 aromatic heterocycles. The van der Waals surface area contributed by atoms with Crippen LogP contribution in [-0.2, 0) is 15.7 Å². The van der Waals surface area contributed by atoms with Crippen molar-refractivity contribution in [2.75, 3.05) is 44.8 Å². The van der Waals surface area contributed by atoms with Crippen LogP contribution in [0.1, 0.15) is 30.4 Å². The molecule has 0 bridgehead atoms. The number of likely N-dealkylation sites (tertiary alicyclic amines) is 1. The molecule has 2 aliphatic heterocycles. The highest BCUT2D eigenvalue weighted by atomic mass is 19.4. The fourth-order valence-corrected chi connectivity index (χ4v) is 5.34. The van der Waals surface area contributed by atoms with Crippen LogP contribution in [0.5, 0.6) is 0 Å². The minimum Gasteiger partial charge on any atom is -0.384 e. The van der Waals surface area contributed by atoms with Gasteiger partial charge < -0.3 is 14.5 Å². The number of halogens is 3. The normalized spacial score (nSPS) is 26.2. The van der Waals surface area contributed by atoms with E-state index in [-0.39, 0.29) is 28.7 Å². The van der Waals surface area contributed by atoms with Crippen molar-refractivity contribution in [3.05, 3.63) is 41.5 Å². The zero-order valence-corrected chi connectivity index (χ0v) is 17.5. The van der Waals surface area contributed by atoms with Crippen LogP contribution in [0.2, 0.25) is 0 Å². The highest BCUT2D eigenvalue weighted by Crippen LogP contribution is 2.46. The monoisotopic (exact) mass is 433 g/mol. The molecule has 2 heterocycles. The molecular formula is C23H26F3N3O2. The summed E-state index contributed by atoms with van der Waals surface area (Å²) in [5.74, 6) is 0.303. The van der Waals surface area contributed by atoms with Crippen LogP contribution in [0.4, 0.5) is 18.9 Å². The van der Waals surface area contributed by atoms with E-state index in [0.29, 0.717) is 38.5 Å². The number of benzene rings is 1. The molecule has 8 heteroatoms. The maximum Gasteiger partial charge on any atom is 0.417 e. The second-order valence-electron chi connectivity index (χ2n) is 8.89. The first-order valence-corrected chi connectivity index (χ1v) is 10.6. The fraction of sp³-hybridized carbons (Fsp3) is 0.565. The van der Waals surface area contributed by atoms with Crippen LogP contribution in [0, 0.1) is 28.6 Å². The lowest BCUT2D eigenvalue weighted by Gasteiger charge is -2.43. The molecule has 1 aromatic carbocycles. The van der Waals surface area contributed by atoms with E-state index < -0.39 is 11.7 Å². The second kappa shape index (κ2) is 8.19. The molecule has 2 atom stereocenters. The number of carbonyl (C=O) groups is 1. The number of rotatable bonds is 4. The van der Waals surface area contributed by atoms with E-state index in [0.717, 1.165) is 25.3 Å². The summed E-state index contributed by atoms with van der Waals surface area (Å²) in [7, 11) is 1.64. The molecule has 3 aliphatic rings. The third-order valence-corrected chi connectivity index (χ3v) is 7.03. The van der Waals surface area contributed by atoms with E-state index in [9.17, 15) is 18.0 Å². The van der Waals surface area contributed by atoms with Gasteiger partial charge in [-0.3, -0.25) is 4.79 Å². The highest BCUT2D eigenvalue weighted by molar-refractivity contribution is 5.80. The molecule has 0 radical (unpaired) electrons. The van der Waals surface area contributed by atoms with Gasteiger partial charge in [-0.2, -0.15) is 18.4 Å². The molecule has 0 N–H and O–H groups in total. The topological polar surface area (TPSA) is 56.6 Å². The Balaban J connectivity index is 1.57. The van der Waals surface area contributed by atoms with Gasteiger partial charge in [0.15, 0.2) is 0 Å². The van der Waals surface area contributed by atoms with Gasteiger partial charge in [-0.1, -0.05) is 12.2 Å². The molecule has 4 rings (SSSR count). The molecule has 1 aromatic rings. The van der Waals surface area contributed by atoms with Crippen LogP contribution in [0.15, 0.2) is 30.4 Å². The molecule has 0 saturated carbocycles. The van der Waals surface area contributed by atoms with Crippen molar-refractivity contribution in [3.63, 3.8) is 0 Å². The number of alkyl halides is 3. The van der Waals surface area contributed by atoms with E-state index in [1.54, 1.807) is 19.2 Å². The lowest BCUT2D eigenvalue weighted by molar-refractivity contribution is -0.139. The standard InChI is InChI=1S/C23H26F3N3O2/c1-31-15-22-8-9-28(21(30)16-4-2-3-5-16)12-18(22)13-29(14-22)19-7-6-17(11-27)20(10-19)23(24,25)26/h2-3,6-7,10,16,18H,4-5,8-9,12-15H2,1H3/t18-,22+/m1/s1. The first-order chi connectivity index (χ1) is 14.8. The maximum atomic E-state index is 13.4. The van der Waals surface area contributed by atoms with Gasteiger partial charge in [0.2, 0.25) is 5.91 Å². The van der Waals surface area contributed by atoms with Crippen molar-refractivity contribution in [2.24, 2.45) is 17.3 Å². The zero-order valence-electron chi connectivity index (χ0n) is 17.5. The fourth-order valence-electron chi connectivity index (χ4n) is 5.34. The summed E-state index contributed by atoms with van der Waals surface area (Å²) in [6.45, 7) is 2.87. The summed E-state index contributed by atoms with van der Waals surface area (Å²) in [5.41, 5.74) is -1.03. The van der Waals surface area contributed by atoms with E-state index >= 15 is 0 Å². The van der Waals surface area contributed by atoms with E-state index in [1.807, 2.05) is 22.0 Å². The molecule has 5 nitrogen and oxygen atoms in total. The van der Waals surface area contributed by atoms with E-state index in [1.165, 1.54) is 6.07 Å². The number of fused-ring (bicyclic) bond motifs is 1. The molecule has 0 spiro atoms. The van der Waals surface area contributed by atoms with Crippen molar-refractivity contribution in [3.8, 4) is 6.07 Å². The number of piperidine rings is 1. The van der Waals surface area contributed by atoms with Gasteiger partial charge >= 0.3 is 6.18 Å². The second-order valence-corrected chi connectivity index (χ2v) is 8.89. The minimum atomic E-state index is -4.59.